The Morgan fingerprint density at radius 1 is 1.36 bits per heavy atom. The Labute approximate surface area is 136 Å². The van der Waals surface area contributed by atoms with Crippen molar-refractivity contribution in [3.8, 4) is 0 Å². The molecule has 118 valence electrons. The van der Waals surface area contributed by atoms with E-state index in [1.165, 1.54) is 0 Å². The molecule has 0 bridgehead atoms. The predicted octanol–water partition coefficient (Wildman–Crippen LogP) is 2.90. The van der Waals surface area contributed by atoms with Crippen molar-refractivity contribution >= 4 is 32.3 Å². The number of nitrogens with zero attached hydrogens (tertiary/aromatic N) is 2. The zero-order valence-electron chi connectivity index (χ0n) is 12.5. The van der Waals surface area contributed by atoms with Crippen LogP contribution in [0.1, 0.15) is 18.9 Å². The van der Waals surface area contributed by atoms with Gasteiger partial charge in [-0.1, -0.05) is 24.6 Å². The normalized spacial score (nSPS) is 20.8. The summed E-state index contributed by atoms with van der Waals surface area (Å²) >= 11 is 6.23. The van der Waals surface area contributed by atoms with Crippen molar-refractivity contribution in [2.24, 2.45) is 0 Å². The zero-order chi connectivity index (χ0) is 15.7. The number of hydrogen-bond donors (Lipinski definition) is 0. The molecular weight excluding hydrogens is 320 g/mol. The van der Waals surface area contributed by atoms with Gasteiger partial charge in [-0.25, -0.2) is 8.42 Å². The summed E-state index contributed by atoms with van der Waals surface area (Å²) in [6, 6.07) is 7.82. The Morgan fingerprint density at radius 2 is 2.18 bits per heavy atom. The lowest BCUT2D eigenvalue weighted by molar-refractivity contribution is 0.215. The monoisotopic (exact) mass is 338 g/mol. The quantitative estimate of drug-likeness (QED) is 0.860. The summed E-state index contributed by atoms with van der Waals surface area (Å²) < 4.78 is 23.4. The number of fused-ring (bicyclic) bond motifs is 1. The predicted molar refractivity (Wildman–Crippen MR) is 89.9 cm³/mol. The molecule has 1 atom stereocenters. The highest BCUT2D eigenvalue weighted by Crippen LogP contribution is 2.27. The Balaban J connectivity index is 1.90. The summed E-state index contributed by atoms with van der Waals surface area (Å²) in [4.78, 5) is 6.68. The number of aromatic nitrogens is 1. The van der Waals surface area contributed by atoms with E-state index in [9.17, 15) is 8.42 Å². The molecule has 0 N–H and O–H groups in total. The van der Waals surface area contributed by atoms with E-state index in [0.29, 0.717) is 17.3 Å². The molecule has 0 spiro atoms. The van der Waals surface area contributed by atoms with Crippen molar-refractivity contribution in [1.29, 1.82) is 0 Å². The Hall–Kier alpha value is -1.17. The van der Waals surface area contributed by atoms with Gasteiger partial charge in [0.2, 0.25) is 0 Å². The second-order valence-electron chi connectivity index (χ2n) is 5.73. The number of rotatable bonds is 4. The van der Waals surface area contributed by atoms with Crippen LogP contribution in [0.3, 0.4) is 0 Å². The largest absolute Gasteiger partial charge is 0.295 e. The lowest BCUT2D eigenvalue weighted by Crippen LogP contribution is -2.35. The lowest BCUT2D eigenvalue weighted by atomic mass is 10.1. The van der Waals surface area contributed by atoms with Crippen LogP contribution in [-0.4, -0.2) is 42.4 Å². The summed E-state index contributed by atoms with van der Waals surface area (Å²) in [6.07, 6.45) is 2.48. The highest BCUT2D eigenvalue weighted by atomic mass is 35.5. The van der Waals surface area contributed by atoms with Crippen LogP contribution in [0.25, 0.3) is 10.9 Å². The third-order valence-corrected chi connectivity index (χ3v) is 6.38. The van der Waals surface area contributed by atoms with Gasteiger partial charge in [0.15, 0.2) is 9.84 Å². The SMILES string of the molecule is CCN(Cc1ccc(Cl)c2cccnc12)[C@H]1CCS(=O)(=O)C1. The molecule has 0 saturated carbocycles. The maximum atomic E-state index is 11.7. The van der Waals surface area contributed by atoms with E-state index in [1.807, 2.05) is 24.3 Å². The minimum absolute atomic E-state index is 0.101. The maximum absolute atomic E-state index is 11.7. The van der Waals surface area contributed by atoms with Crippen molar-refractivity contribution in [3.63, 3.8) is 0 Å². The van der Waals surface area contributed by atoms with Crippen molar-refractivity contribution < 1.29 is 8.42 Å². The van der Waals surface area contributed by atoms with Crippen LogP contribution >= 0.6 is 11.6 Å². The van der Waals surface area contributed by atoms with Gasteiger partial charge in [0.05, 0.1) is 17.0 Å². The van der Waals surface area contributed by atoms with E-state index in [1.54, 1.807) is 6.20 Å². The topological polar surface area (TPSA) is 50.3 Å². The summed E-state index contributed by atoms with van der Waals surface area (Å²) in [5.41, 5.74) is 1.99. The van der Waals surface area contributed by atoms with Gasteiger partial charge in [-0.3, -0.25) is 9.88 Å². The van der Waals surface area contributed by atoms with Gasteiger partial charge in [0.1, 0.15) is 0 Å². The molecule has 0 unspecified atom stereocenters. The first kappa shape index (κ1) is 15.7. The Bertz CT molecular complexity index is 792. The number of pyridine rings is 1. The standard InChI is InChI=1S/C16H19ClN2O2S/c1-2-19(13-7-9-22(20,21)11-13)10-12-5-6-15(17)14-4-3-8-18-16(12)14/h3-6,8,13H,2,7,9-11H2,1H3/t13-/m0/s1. The molecule has 2 heterocycles. The minimum atomic E-state index is -2.87. The number of halogens is 1. The summed E-state index contributed by atoms with van der Waals surface area (Å²) in [5, 5.41) is 1.63. The van der Waals surface area contributed by atoms with Crippen molar-refractivity contribution in [1.82, 2.24) is 9.88 Å². The van der Waals surface area contributed by atoms with E-state index in [-0.39, 0.29) is 11.8 Å². The number of benzene rings is 1. The molecule has 22 heavy (non-hydrogen) atoms. The minimum Gasteiger partial charge on any atom is -0.295 e. The van der Waals surface area contributed by atoms with Gasteiger partial charge >= 0.3 is 0 Å². The molecule has 1 saturated heterocycles. The summed E-state index contributed by atoms with van der Waals surface area (Å²) in [7, 11) is -2.87. The summed E-state index contributed by atoms with van der Waals surface area (Å²) in [6.45, 7) is 3.58. The van der Waals surface area contributed by atoms with Crippen LogP contribution in [-0.2, 0) is 16.4 Å². The molecule has 2 aromatic rings. The van der Waals surface area contributed by atoms with Crippen LogP contribution in [0.4, 0.5) is 0 Å². The Kier molecular flexibility index (Phi) is 4.39. The van der Waals surface area contributed by atoms with E-state index in [4.69, 9.17) is 11.6 Å². The highest BCUT2D eigenvalue weighted by molar-refractivity contribution is 7.91. The Morgan fingerprint density at radius 3 is 2.86 bits per heavy atom. The van der Waals surface area contributed by atoms with Crippen molar-refractivity contribution in [3.05, 3.63) is 41.0 Å². The molecule has 6 heteroatoms. The van der Waals surface area contributed by atoms with Crippen molar-refractivity contribution in [2.45, 2.75) is 25.9 Å². The lowest BCUT2D eigenvalue weighted by Gasteiger charge is -2.27. The fourth-order valence-corrected chi connectivity index (χ4v) is 5.08. The third kappa shape index (κ3) is 3.12. The van der Waals surface area contributed by atoms with Gasteiger partial charge in [-0.2, -0.15) is 0 Å². The van der Waals surface area contributed by atoms with Gasteiger partial charge in [0.25, 0.3) is 0 Å². The molecule has 1 aromatic heterocycles. The molecule has 0 amide bonds. The van der Waals surface area contributed by atoms with Gasteiger partial charge in [0, 0.05) is 29.2 Å². The average Bonchev–Trinajstić information content (AvgIpc) is 2.87. The third-order valence-electron chi connectivity index (χ3n) is 4.30. The average molecular weight is 339 g/mol. The van der Waals surface area contributed by atoms with E-state index in [0.717, 1.165) is 29.4 Å². The first-order valence-electron chi connectivity index (χ1n) is 7.47. The highest BCUT2D eigenvalue weighted by Gasteiger charge is 2.31. The molecule has 1 aromatic carbocycles. The van der Waals surface area contributed by atoms with Crippen LogP contribution < -0.4 is 0 Å². The van der Waals surface area contributed by atoms with E-state index < -0.39 is 9.84 Å². The summed E-state index contributed by atoms with van der Waals surface area (Å²) in [5.74, 6) is 0.563. The fraction of sp³-hybridized carbons (Fsp3) is 0.438. The molecule has 1 fully saturated rings. The van der Waals surface area contributed by atoms with Crippen LogP contribution in [0.2, 0.25) is 5.02 Å². The van der Waals surface area contributed by atoms with Crippen LogP contribution in [0.5, 0.6) is 0 Å². The second kappa shape index (κ2) is 6.14. The number of hydrogen-bond acceptors (Lipinski definition) is 4. The van der Waals surface area contributed by atoms with Gasteiger partial charge < -0.3 is 0 Å². The first-order valence-corrected chi connectivity index (χ1v) is 9.66. The maximum Gasteiger partial charge on any atom is 0.151 e. The molecule has 1 aliphatic heterocycles. The molecule has 0 aliphatic carbocycles. The van der Waals surface area contributed by atoms with Crippen molar-refractivity contribution in [2.75, 3.05) is 18.1 Å². The fourth-order valence-electron chi connectivity index (χ4n) is 3.11. The zero-order valence-corrected chi connectivity index (χ0v) is 14.1. The molecule has 1 aliphatic rings. The number of sulfone groups is 1. The molecule has 3 rings (SSSR count). The van der Waals surface area contributed by atoms with E-state index >= 15 is 0 Å². The first-order chi connectivity index (χ1) is 10.5. The van der Waals surface area contributed by atoms with Crippen LogP contribution in [0, 0.1) is 0 Å². The molecular formula is C16H19ClN2O2S. The smallest absolute Gasteiger partial charge is 0.151 e. The second-order valence-corrected chi connectivity index (χ2v) is 8.36. The van der Waals surface area contributed by atoms with Gasteiger partial charge in [-0.15, -0.1) is 0 Å². The van der Waals surface area contributed by atoms with E-state index in [2.05, 4.69) is 16.8 Å². The molecule has 0 radical (unpaired) electrons. The molecule has 4 nitrogen and oxygen atoms in total. The van der Waals surface area contributed by atoms with Crippen LogP contribution in [0.15, 0.2) is 30.5 Å². The van der Waals surface area contributed by atoms with Gasteiger partial charge in [-0.05, 0) is 36.7 Å².